The zero-order valence-electron chi connectivity index (χ0n) is 14.6. The van der Waals surface area contributed by atoms with Crippen LogP contribution in [0.2, 0.25) is 0 Å². The average molecular weight is 336 g/mol. The molecule has 0 amide bonds. The summed E-state index contributed by atoms with van der Waals surface area (Å²) >= 11 is 0. The fourth-order valence-corrected chi connectivity index (χ4v) is 3.08. The summed E-state index contributed by atoms with van der Waals surface area (Å²) in [5.74, 6) is 1.52. The minimum atomic E-state index is -0.384. The van der Waals surface area contributed by atoms with Crippen molar-refractivity contribution >= 4 is 10.8 Å². The van der Waals surface area contributed by atoms with E-state index in [1.807, 2.05) is 63.2 Å². The van der Waals surface area contributed by atoms with Gasteiger partial charge in [0.15, 0.2) is 11.5 Å². The van der Waals surface area contributed by atoms with Crippen molar-refractivity contribution in [3.05, 3.63) is 64.1 Å². The number of ether oxygens (including phenoxy) is 2. The lowest BCUT2D eigenvalue weighted by atomic mass is 10.0. The molecule has 5 heteroatoms. The van der Waals surface area contributed by atoms with Crippen molar-refractivity contribution in [1.29, 1.82) is 0 Å². The number of fused-ring (bicyclic) bond motifs is 2. The standard InChI is InChI=1S/C20H20N2O3/c1-20(2,3)22-19(23)15-7-5-4-6-14(15)16(21-22)10-13-8-9-17-18(11-13)25-12-24-17/h4-9,11H,10,12H2,1-3H3. The molecule has 25 heavy (non-hydrogen) atoms. The second kappa shape index (κ2) is 5.62. The Balaban J connectivity index is 1.86. The topological polar surface area (TPSA) is 53.4 Å². The van der Waals surface area contributed by atoms with Gasteiger partial charge in [-0.2, -0.15) is 5.10 Å². The highest BCUT2D eigenvalue weighted by molar-refractivity contribution is 5.83. The lowest BCUT2D eigenvalue weighted by molar-refractivity contribution is 0.174. The molecule has 0 fully saturated rings. The van der Waals surface area contributed by atoms with Gasteiger partial charge in [-0.3, -0.25) is 4.79 Å². The number of rotatable bonds is 2. The Bertz CT molecular complexity index is 1020. The lowest BCUT2D eigenvalue weighted by Crippen LogP contribution is -2.36. The van der Waals surface area contributed by atoms with E-state index >= 15 is 0 Å². The van der Waals surface area contributed by atoms with Gasteiger partial charge in [0.05, 0.1) is 16.6 Å². The molecule has 1 aliphatic rings. The Morgan fingerprint density at radius 3 is 2.52 bits per heavy atom. The van der Waals surface area contributed by atoms with Crippen LogP contribution in [-0.4, -0.2) is 16.6 Å². The van der Waals surface area contributed by atoms with Crippen LogP contribution < -0.4 is 15.0 Å². The van der Waals surface area contributed by atoms with Crippen molar-refractivity contribution < 1.29 is 9.47 Å². The van der Waals surface area contributed by atoms with Crippen LogP contribution in [0.25, 0.3) is 10.8 Å². The van der Waals surface area contributed by atoms with E-state index in [2.05, 4.69) is 0 Å². The first-order valence-corrected chi connectivity index (χ1v) is 8.33. The largest absolute Gasteiger partial charge is 0.454 e. The first-order chi connectivity index (χ1) is 11.9. The predicted molar refractivity (Wildman–Crippen MR) is 96.4 cm³/mol. The Labute approximate surface area is 145 Å². The summed E-state index contributed by atoms with van der Waals surface area (Å²) in [5, 5.41) is 6.28. The van der Waals surface area contributed by atoms with Crippen molar-refractivity contribution in [2.45, 2.75) is 32.7 Å². The van der Waals surface area contributed by atoms with Crippen molar-refractivity contribution in [2.24, 2.45) is 0 Å². The van der Waals surface area contributed by atoms with Gasteiger partial charge < -0.3 is 9.47 Å². The molecule has 0 saturated carbocycles. The minimum absolute atomic E-state index is 0.0578. The van der Waals surface area contributed by atoms with Crippen LogP contribution in [0.1, 0.15) is 32.0 Å². The maximum Gasteiger partial charge on any atom is 0.275 e. The van der Waals surface area contributed by atoms with Crippen molar-refractivity contribution in [2.75, 3.05) is 6.79 Å². The third-order valence-corrected chi connectivity index (χ3v) is 4.33. The highest BCUT2D eigenvalue weighted by Crippen LogP contribution is 2.33. The molecule has 1 aliphatic heterocycles. The van der Waals surface area contributed by atoms with Gasteiger partial charge in [0, 0.05) is 11.8 Å². The van der Waals surface area contributed by atoms with Gasteiger partial charge >= 0.3 is 0 Å². The summed E-state index contributed by atoms with van der Waals surface area (Å²) in [6.07, 6.45) is 0.619. The van der Waals surface area contributed by atoms with E-state index in [1.165, 1.54) is 0 Å². The zero-order chi connectivity index (χ0) is 17.6. The average Bonchev–Trinajstić information content (AvgIpc) is 3.04. The quantitative estimate of drug-likeness (QED) is 0.719. The lowest BCUT2D eigenvalue weighted by Gasteiger charge is -2.22. The molecule has 0 radical (unpaired) electrons. The molecule has 4 rings (SSSR count). The first-order valence-electron chi connectivity index (χ1n) is 8.33. The Hall–Kier alpha value is -2.82. The molecule has 0 unspecified atom stereocenters. The van der Waals surface area contributed by atoms with E-state index in [0.29, 0.717) is 11.8 Å². The number of benzene rings is 2. The van der Waals surface area contributed by atoms with Crippen molar-refractivity contribution in [3.8, 4) is 11.5 Å². The summed E-state index contributed by atoms with van der Waals surface area (Å²) in [6, 6.07) is 13.6. The fraction of sp³-hybridized carbons (Fsp3) is 0.300. The number of nitrogens with zero attached hydrogens (tertiary/aromatic N) is 2. The van der Waals surface area contributed by atoms with Gasteiger partial charge in [-0.25, -0.2) is 4.68 Å². The van der Waals surface area contributed by atoms with Gasteiger partial charge in [0.2, 0.25) is 6.79 Å². The summed E-state index contributed by atoms with van der Waals surface area (Å²) in [7, 11) is 0. The highest BCUT2D eigenvalue weighted by Gasteiger charge is 2.20. The Morgan fingerprint density at radius 1 is 1.04 bits per heavy atom. The summed E-state index contributed by atoms with van der Waals surface area (Å²) in [6.45, 7) is 6.22. The second-order valence-corrected chi connectivity index (χ2v) is 7.24. The molecule has 0 N–H and O–H groups in total. The maximum absolute atomic E-state index is 12.8. The fourth-order valence-electron chi connectivity index (χ4n) is 3.08. The smallest absolute Gasteiger partial charge is 0.275 e. The minimum Gasteiger partial charge on any atom is -0.454 e. The summed E-state index contributed by atoms with van der Waals surface area (Å²) < 4.78 is 12.4. The Morgan fingerprint density at radius 2 is 1.76 bits per heavy atom. The summed E-state index contributed by atoms with van der Waals surface area (Å²) in [5.41, 5.74) is 1.51. The number of hydrogen-bond acceptors (Lipinski definition) is 4. The third kappa shape index (κ3) is 2.76. The van der Waals surface area contributed by atoms with Gasteiger partial charge in [-0.15, -0.1) is 0 Å². The maximum atomic E-state index is 12.8. The van der Waals surface area contributed by atoms with E-state index in [1.54, 1.807) is 4.68 Å². The SMILES string of the molecule is CC(C)(C)n1nc(Cc2ccc3c(c2)OCO3)c2ccccc2c1=O. The van der Waals surface area contributed by atoms with Crippen LogP contribution >= 0.6 is 0 Å². The predicted octanol–water partition coefficient (Wildman–Crippen LogP) is 3.47. The normalized spacial score (nSPS) is 13.4. The van der Waals surface area contributed by atoms with E-state index in [-0.39, 0.29) is 17.9 Å². The van der Waals surface area contributed by atoms with E-state index in [0.717, 1.165) is 28.1 Å². The third-order valence-electron chi connectivity index (χ3n) is 4.33. The molecular weight excluding hydrogens is 316 g/mol. The summed E-state index contributed by atoms with van der Waals surface area (Å²) in [4.78, 5) is 12.8. The van der Waals surface area contributed by atoms with Gasteiger partial charge in [0.1, 0.15) is 0 Å². The van der Waals surface area contributed by atoms with Gasteiger partial charge in [-0.1, -0.05) is 24.3 Å². The second-order valence-electron chi connectivity index (χ2n) is 7.24. The first kappa shape index (κ1) is 15.7. The molecule has 5 nitrogen and oxygen atoms in total. The highest BCUT2D eigenvalue weighted by atomic mass is 16.7. The van der Waals surface area contributed by atoms with E-state index in [4.69, 9.17) is 14.6 Å². The van der Waals surface area contributed by atoms with Crippen LogP contribution in [0, 0.1) is 0 Å². The molecule has 1 aromatic heterocycles. The van der Waals surface area contributed by atoms with Crippen LogP contribution in [0.5, 0.6) is 11.5 Å². The molecule has 0 spiro atoms. The molecule has 0 atom stereocenters. The molecule has 3 aromatic rings. The van der Waals surface area contributed by atoms with Gasteiger partial charge in [0.25, 0.3) is 5.56 Å². The molecule has 0 saturated heterocycles. The molecule has 0 bridgehead atoms. The molecule has 0 aliphatic carbocycles. The van der Waals surface area contributed by atoms with E-state index < -0.39 is 0 Å². The molecular formula is C20H20N2O3. The number of aromatic nitrogens is 2. The van der Waals surface area contributed by atoms with Crippen molar-refractivity contribution in [3.63, 3.8) is 0 Å². The molecule has 2 heterocycles. The van der Waals surface area contributed by atoms with E-state index in [9.17, 15) is 4.79 Å². The molecule has 128 valence electrons. The van der Waals surface area contributed by atoms with Crippen LogP contribution in [0.15, 0.2) is 47.3 Å². The van der Waals surface area contributed by atoms with Crippen LogP contribution in [0.3, 0.4) is 0 Å². The van der Waals surface area contributed by atoms with Gasteiger partial charge in [-0.05, 0) is 44.5 Å². The molecule has 2 aromatic carbocycles. The van der Waals surface area contributed by atoms with Crippen LogP contribution in [0.4, 0.5) is 0 Å². The Kier molecular flexibility index (Phi) is 3.53. The van der Waals surface area contributed by atoms with Crippen LogP contribution in [-0.2, 0) is 12.0 Å². The van der Waals surface area contributed by atoms with Crippen molar-refractivity contribution in [1.82, 2.24) is 9.78 Å². The number of hydrogen-bond donors (Lipinski definition) is 0. The zero-order valence-corrected chi connectivity index (χ0v) is 14.6. The monoisotopic (exact) mass is 336 g/mol.